The molecule has 0 unspecified atom stereocenters. The summed E-state index contributed by atoms with van der Waals surface area (Å²) in [4.78, 5) is 21.8. The lowest BCUT2D eigenvalue weighted by molar-refractivity contribution is 0.0690. The van der Waals surface area contributed by atoms with Crippen molar-refractivity contribution in [2.24, 2.45) is 0 Å². The molecular weight excluding hydrogens is 290 g/mol. The molecule has 6 heteroatoms. The van der Waals surface area contributed by atoms with Crippen molar-refractivity contribution in [1.82, 2.24) is 15.0 Å². The third-order valence-electron chi connectivity index (χ3n) is 3.04. The number of H-pyrrole nitrogens is 1. The Bertz CT molecular complexity index is 800. The number of aromatic amines is 1. The molecule has 0 spiro atoms. The number of halogens is 1. The van der Waals surface area contributed by atoms with E-state index in [9.17, 15) is 4.79 Å². The SMILES string of the molecule is O=C(O)c1cc(-c2ccc(-c3ccc[nH]3)c(Cl)c2)ncn1. The summed E-state index contributed by atoms with van der Waals surface area (Å²) in [5.74, 6) is -1.09. The van der Waals surface area contributed by atoms with E-state index in [-0.39, 0.29) is 5.69 Å². The summed E-state index contributed by atoms with van der Waals surface area (Å²) in [7, 11) is 0. The van der Waals surface area contributed by atoms with E-state index in [0.717, 1.165) is 16.8 Å². The first-order valence-electron chi connectivity index (χ1n) is 6.14. The van der Waals surface area contributed by atoms with Crippen molar-refractivity contribution in [3.8, 4) is 22.5 Å². The molecule has 2 heterocycles. The van der Waals surface area contributed by atoms with Gasteiger partial charge in [-0.1, -0.05) is 23.7 Å². The van der Waals surface area contributed by atoms with Crippen molar-refractivity contribution in [2.45, 2.75) is 0 Å². The average molecular weight is 300 g/mol. The molecule has 2 aromatic heterocycles. The predicted molar refractivity (Wildman–Crippen MR) is 79.2 cm³/mol. The van der Waals surface area contributed by atoms with E-state index in [1.807, 2.05) is 30.5 Å². The van der Waals surface area contributed by atoms with Crippen LogP contribution in [0.5, 0.6) is 0 Å². The molecule has 0 bridgehead atoms. The van der Waals surface area contributed by atoms with Crippen LogP contribution in [0.4, 0.5) is 0 Å². The minimum Gasteiger partial charge on any atom is -0.477 e. The first-order chi connectivity index (χ1) is 10.1. The maximum Gasteiger partial charge on any atom is 0.354 e. The number of nitrogens with zero attached hydrogens (tertiary/aromatic N) is 2. The Morgan fingerprint density at radius 3 is 2.71 bits per heavy atom. The fourth-order valence-corrected chi connectivity index (χ4v) is 2.31. The highest BCUT2D eigenvalue weighted by atomic mass is 35.5. The van der Waals surface area contributed by atoms with Gasteiger partial charge in [0.15, 0.2) is 5.69 Å². The Hall–Kier alpha value is -2.66. The molecule has 3 aromatic rings. The Morgan fingerprint density at radius 2 is 2.05 bits per heavy atom. The highest BCUT2D eigenvalue weighted by molar-refractivity contribution is 6.33. The van der Waals surface area contributed by atoms with Crippen molar-refractivity contribution >= 4 is 17.6 Å². The van der Waals surface area contributed by atoms with E-state index in [2.05, 4.69) is 15.0 Å². The van der Waals surface area contributed by atoms with Crippen molar-refractivity contribution in [3.05, 3.63) is 59.6 Å². The zero-order valence-corrected chi connectivity index (χ0v) is 11.5. The number of benzene rings is 1. The molecule has 0 radical (unpaired) electrons. The van der Waals surface area contributed by atoms with Crippen LogP contribution in [0.25, 0.3) is 22.5 Å². The number of aromatic nitrogens is 3. The van der Waals surface area contributed by atoms with E-state index < -0.39 is 5.97 Å². The fraction of sp³-hybridized carbons (Fsp3) is 0. The number of nitrogens with one attached hydrogen (secondary N) is 1. The van der Waals surface area contributed by atoms with Crippen LogP contribution in [0, 0.1) is 0 Å². The van der Waals surface area contributed by atoms with E-state index in [4.69, 9.17) is 16.7 Å². The number of carboxylic acids is 1. The summed E-state index contributed by atoms with van der Waals surface area (Å²) < 4.78 is 0. The van der Waals surface area contributed by atoms with E-state index in [0.29, 0.717) is 10.7 Å². The maximum atomic E-state index is 10.9. The lowest BCUT2D eigenvalue weighted by atomic mass is 10.1. The molecule has 0 aliphatic heterocycles. The summed E-state index contributed by atoms with van der Waals surface area (Å²) in [6.07, 6.45) is 3.05. The molecule has 0 aliphatic rings. The smallest absolute Gasteiger partial charge is 0.354 e. The minimum atomic E-state index is -1.09. The average Bonchev–Trinajstić information content (AvgIpc) is 3.01. The third kappa shape index (κ3) is 2.64. The molecule has 5 nitrogen and oxygen atoms in total. The minimum absolute atomic E-state index is 0.0513. The van der Waals surface area contributed by atoms with Crippen LogP contribution in [0.1, 0.15) is 10.5 Å². The predicted octanol–water partition coefficient (Wildman–Crippen LogP) is 3.49. The molecule has 0 saturated carbocycles. The molecule has 0 amide bonds. The zero-order chi connectivity index (χ0) is 14.8. The van der Waals surface area contributed by atoms with Crippen LogP contribution < -0.4 is 0 Å². The van der Waals surface area contributed by atoms with Crippen LogP contribution in [0.15, 0.2) is 48.9 Å². The van der Waals surface area contributed by atoms with Crippen LogP contribution in [-0.4, -0.2) is 26.0 Å². The van der Waals surface area contributed by atoms with Gasteiger partial charge in [0, 0.05) is 23.0 Å². The van der Waals surface area contributed by atoms with Gasteiger partial charge < -0.3 is 10.1 Å². The molecule has 0 aliphatic carbocycles. The van der Waals surface area contributed by atoms with Gasteiger partial charge in [0.2, 0.25) is 0 Å². The monoisotopic (exact) mass is 299 g/mol. The normalized spacial score (nSPS) is 10.5. The van der Waals surface area contributed by atoms with Crippen molar-refractivity contribution in [3.63, 3.8) is 0 Å². The summed E-state index contributed by atoms with van der Waals surface area (Å²) in [5, 5.41) is 9.52. The van der Waals surface area contributed by atoms with Gasteiger partial charge in [-0.2, -0.15) is 0 Å². The van der Waals surface area contributed by atoms with Crippen LogP contribution in [-0.2, 0) is 0 Å². The van der Waals surface area contributed by atoms with Crippen LogP contribution in [0.2, 0.25) is 5.02 Å². The highest BCUT2D eigenvalue weighted by Gasteiger charge is 2.10. The number of carbonyl (C=O) groups is 1. The first kappa shape index (κ1) is 13.3. The van der Waals surface area contributed by atoms with Crippen molar-refractivity contribution in [2.75, 3.05) is 0 Å². The first-order valence-corrected chi connectivity index (χ1v) is 6.52. The van der Waals surface area contributed by atoms with Crippen LogP contribution >= 0.6 is 11.6 Å². The molecule has 3 rings (SSSR count). The molecule has 0 saturated heterocycles. The molecule has 1 aromatic carbocycles. The second-order valence-electron chi connectivity index (χ2n) is 4.37. The Balaban J connectivity index is 2.03. The number of hydrogen-bond acceptors (Lipinski definition) is 3. The largest absolute Gasteiger partial charge is 0.477 e. The van der Waals surface area contributed by atoms with Gasteiger partial charge in [0.05, 0.1) is 10.7 Å². The Kier molecular flexibility index (Phi) is 3.41. The van der Waals surface area contributed by atoms with E-state index >= 15 is 0 Å². The summed E-state index contributed by atoms with van der Waals surface area (Å²) in [6.45, 7) is 0. The quantitative estimate of drug-likeness (QED) is 0.776. The molecule has 21 heavy (non-hydrogen) atoms. The van der Waals surface area contributed by atoms with Gasteiger partial charge in [0.1, 0.15) is 6.33 Å². The van der Waals surface area contributed by atoms with Crippen LogP contribution in [0.3, 0.4) is 0 Å². The standard InChI is InChI=1S/C15H10ClN3O2/c16-11-6-9(3-4-10(11)12-2-1-5-17-12)13-7-14(15(20)21)19-8-18-13/h1-8,17H,(H,20,21). The molecule has 2 N–H and O–H groups in total. The lowest BCUT2D eigenvalue weighted by Gasteiger charge is -2.06. The maximum absolute atomic E-state index is 10.9. The van der Waals surface area contributed by atoms with Gasteiger partial charge in [-0.15, -0.1) is 0 Å². The van der Waals surface area contributed by atoms with Gasteiger partial charge in [-0.05, 0) is 24.3 Å². The van der Waals surface area contributed by atoms with Gasteiger partial charge in [0.25, 0.3) is 0 Å². The number of rotatable bonds is 3. The molecular formula is C15H10ClN3O2. The molecule has 0 fully saturated rings. The Morgan fingerprint density at radius 1 is 1.19 bits per heavy atom. The molecule has 104 valence electrons. The summed E-state index contributed by atoms with van der Waals surface area (Å²) >= 11 is 6.29. The van der Waals surface area contributed by atoms with Crippen molar-refractivity contribution < 1.29 is 9.90 Å². The fourth-order valence-electron chi connectivity index (χ4n) is 2.02. The number of hydrogen-bond donors (Lipinski definition) is 2. The number of aromatic carboxylic acids is 1. The molecule has 0 atom stereocenters. The lowest BCUT2D eigenvalue weighted by Crippen LogP contribution is -2.01. The van der Waals surface area contributed by atoms with E-state index in [1.165, 1.54) is 12.4 Å². The highest BCUT2D eigenvalue weighted by Crippen LogP contribution is 2.30. The second kappa shape index (κ2) is 5.38. The topological polar surface area (TPSA) is 78.9 Å². The zero-order valence-electron chi connectivity index (χ0n) is 10.7. The summed E-state index contributed by atoms with van der Waals surface area (Å²) in [6, 6.07) is 10.7. The van der Waals surface area contributed by atoms with Crippen molar-refractivity contribution in [1.29, 1.82) is 0 Å². The summed E-state index contributed by atoms with van der Waals surface area (Å²) in [5.41, 5.74) is 2.99. The Labute approximate surface area is 125 Å². The van der Waals surface area contributed by atoms with E-state index in [1.54, 1.807) is 6.07 Å². The third-order valence-corrected chi connectivity index (χ3v) is 3.35. The van der Waals surface area contributed by atoms with Gasteiger partial charge >= 0.3 is 5.97 Å². The number of carboxylic acid groups (broad SMARTS) is 1. The van der Waals surface area contributed by atoms with Gasteiger partial charge in [-0.3, -0.25) is 0 Å². The van der Waals surface area contributed by atoms with Gasteiger partial charge in [-0.25, -0.2) is 14.8 Å². The second-order valence-corrected chi connectivity index (χ2v) is 4.78.